The SMILES string of the molecule is O=C(NCc1cccnc1)Nc1ccc(S(=O)(=O)N2CCCCC2)cc1F. The molecule has 1 aliphatic heterocycles. The van der Waals surface area contributed by atoms with Gasteiger partial charge >= 0.3 is 6.03 Å². The average Bonchev–Trinajstić information content (AvgIpc) is 2.69. The van der Waals surface area contributed by atoms with Gasteiger partial charge in [0, 0.05) is 32.0 Å². The van der Waals surface area contributed by atoms with Crippen molar-refractivity contribution in [2.45, 2.75) is 30.7 Å². The van der Waals surface area contributed by atoms with Gasteiger partial charge in [-0.15, -0.1) is 0 Å². The highest BCUT2D eigenvalue weighted by molar-refractivity contribution is 7.89. The van der Waals surface area contributed by atoms with Gasteiger partial charge in [0.05, 0.1) is 10.6 Å². The van der Waals surface area contributed by atoms with Gasteiger partial charge in [0.2, 0.25) is 10.0 Å². The Morgan fingerprint density at radius 3 is 2.63 bits per heavy atom. The van der Waals surface area contributed by atoms with E-state index in [1.165, 1.54) is 16.4 Å². The van der Waals surface area contributed by atoms with Gasteiger partial charge in [0.15, 0.2) is 0 Å². The van der Waals surface area contributed by atoms with Gasteiger partial charge in [-0.2, -0.15) is 4.31 Å². The molecule has 1 saturated heterocycles. The molecule has 0 saturated carbocycles. The zero-order valence-electron chi connectivity index (χ0n) is 14.7. The lowest BCUT2D eigenvalue weighted by atomic mass is 10.2. The van der Waals surface area contributed by atoms with E-state index in [-0.39, 0.29) is 17.1 Å². The van der Waals surface area contributed by atoms with E-state index >= 15 is 0 Å². The average molecular weight is 392 g/mol. The van der Waals surface area contributed by atoms with Crippen LogP contribution >= 0.6 is 0 Å². The van der Waals surface area contributed by atoms with Crippen molar-refractivity contribution < 1.29 is 17.6 Å². The standard InChI is InChI=1S/C18H21FN4O3S/c19-16-11-15(27(25,26)23-9-2-1-3-10-23)6-7-17(16)22-18(24)21-13-14-5-4-8-20-12-14/h4-8,11-12H,1-3,9-10,13H2,(H2,21,22,24). The van der Waals surface area contributed by atoms with Crippen molar-refractivity contribution in [1.82, 2.24) is 14.6 Å². The number of carbonyl (C=O) groups is 1. The molecule has 0 aliphatic carbocycles. The molecule has 27 heavy (non-hydrogen) atoms. The normalized spacial score (nSPS) is 15.3. The van der Waals surface area contributed by atoms with Gasteiger partial charge in [-0.3, -0.25) is 4.98 Å². The first kappa shape index (κ1) is 19.2. The van der Waals surface area contributed by atoms with E-state index in [1.54, 1.807) is 24.5 Å². The maximum absolute atomic E-state index is 14.3. The minimum Gasteiger partial charge on any atom is -0.334 e. The molecular weight excluding hydrogens is 371 g/mol. The van der Waals surface area contributed by atoms with Gasteiger partial charge in [-0.1, -0.05) is 12.5 Å². The third-order valence-electron chi connectivity index (χ3n) is 4.32. The third-order valence-corrected chi connectivity index (χ3v) is 6.21. The number of anilines is 1. The van der Waals surface area contributed by atoms with Crippen molar-refractivity contribution in [1.29, 1.82) is 0 Å². The minimum atomic E-state index is -3.72. The molecule has 1 aromatic carbocycles. The Kier molecular flexibility index (Phi) is 6.02. The number of halogens is 1. The number of hydrogen-bond acceptors (Lipinski definition) is 4. The number of benzene rings is 1. The van der Waals surface area contributed by atoms with Gasteiger partial charge in [0.25, 0.3) is 0 Å². The highest BCUT2D eigenvalue weighted by Gasteiger charge is 2.26. The second-order valence-corrected chi connectivity index (χ2v) is 8.21. The summed E-state index contributed by atoms with van der Waals surface area (Å²) in [4.78, 5) is 15.8. The van der Waals surface area contributed by atoms with E-state index in [0.29, 0.717) is 13.1 Å². The van der Waals surface area contributed by atoms with Crippen molar-refractivity contribution in [2.75, 3.05) is 18.4 Å². The zero-order chi connectivity index (χ0) is 19.3. The Hall–Kier alpha value is -2.52. The van der Waals surface area contributed by atoms with Crippen molar-refractivity contribution in [2.24, 2.45) is 0 Å². The third kappa shape index (κ3) is 4.81. The highest BCUT2D eigenvalue weighted by Crippen LogP contribution is 2.24. The molecule has 2 N–H and O–H groups in total. The maximum atomic E-state index is 14.3. The number of rotatable bonds is 5. The minimum absolute atomic E-state index is 0.0868. The van der Waals surface area contributed by atoms with Crippen LogP contribution in [0.15, 0.2) is 47.6 Å². The summed E-state index contributed by atoms with van der Waals surface area (Å²) >= 11 is 0. The number of sulfonamides is 1. The molecule has 2 amide bonds. The summed E-state index contributed by atoms with van der Waals surface area (Å²) in [5.74, 6) is -0.801. The van der Waals surface area contributed by atoms with Crippen LogP contribution in [0.3, 0.4) is 0 Å². The Balaban J connectivity index is 1.65. The maximum Gasteiger partial charge on any atom is 0.319 e. The van der Waals surface area contributed by atoms with E-state index in [2.05, 4.69) is 15.6 Å². The molecule has 0 radical (unpaired) electrons. The van der Waals surface area contributed by atoms with Crippen molar-refractivity contribution in [3.63, 3.8) is 0 Å². The number of urea groups is 1. The summed E-state index contributed by atoms with van der Waals surface area (Å²) in [6.45, 7) is 1.13. The van der Waals surface area contributed by atoms with Crippen LogP contribution in [-0.4, -0.2) is 36.8 Å². The van der Waals surface area contributed by atoms with Crippen LogP contribution in [0.2, 0.25) is 0 Å². The van der Waals surface area contributed by atoms with Crippen LogP contribution in [0.5, 0.6) is 0 Å². The van der Waals surface area contributed by atoms with Crippen LogP contribution in [0.4, 0.5) is 14.9 Å². The van der Waals surface area contributed by atoms with Gasteiger partial charge in [0.1, 0.15) is 5.82 Å². The predicted octanol–water partition coefficient (Wildman–Crippen LogP) is 2.72. The molecule has 0 unspecified atom stereocenters. The van der Waals surface area contributed by atoms with Gasteiger partial charge in [-0.25, -0.2) is 17.6 Å². The molecule has 2 heterocycles. The highest BCUT2D eigenvalue weighted by atomic mass is 32.2. The van der Waals surface area contributed by atoms with Crippen molar-refractivity contribution in [3.05, 3.63) is 54.1 Å². The van der Waals surface area contributed by atoms with E-state index in [9.17, 15) is 17.6 Å². The van der Waals surface area contributed by atoms with Crippen LogP contribution in [0.25, 0.3) is 0 Å². The lowest BCUT2D eigenvalue weighted by Gasteiger charge is -2.26. The number of nitrogens with one attached hydrogen (secondary N) is 2. The fourth-order valence-corrected chi connectivity index (χ4v) is 4.39. The quantitative estimate of drug-likeness (QED) is 0.818. The number of pyridine rings is 1. The van der Waals surface area contributed by atoms with E-state index in [1.807, 2.05) is 0 Å². The fourth-order valence-electron chi connectivity index (χ4n) is 2.86. The van der Waals surface area contributed by atoms with Crippen LogP contribution in [0, 0.1) is 5.82 Å². The first-order valence-electron chi connectivity index (χ1n) is 8.70. The summed E-state index contributed by atoms with van der Waals surface area (Å²) in [7, 11) is -3.72. The number of nitrogens with zero attached hydrogens (tertiary/aromatic N) is 2. The van der Waals surface area contributed by atoms with Crippen molar-refractivity contribution >= 4 is 21.7 Å². The first-order chi connectivity index (χ1) is 13.0. The van der Waals surface area contributed by atoms with Crippen LogP contribution < -0.4 is 10.6 Å². The molecule has 9 heteroatoms. The second-order valence-electron chi connectivity index (χ2n) is 6.28. The summed E-state index contributed by atoms with van der Waals surface area (Å²) in [5.41, 5.74) is 0.715. The van der Waals surface area contributed by atoms with Gasteiger partial charge in [-0.05, 0) is 42.7 Å². The Morgan fingerprint density at radius 1 is 1.19 bits per heavy atom. The molecule has 144 valence electrons. The summed E-state index contributed by atoms with van der Waals surface area (Å²) in [5, 5.41) is 4.97. The first-order valence-corrected chi connectivity index (χ1v) is 10.1. The number of carbonyl (C=O) groups excluding carboxylic acids is 1. The van der Waals surface area contributed by atoms with E-state index < -0.39 is 21.9 Å². The molecule has 1 fully saturated rings. The monoisotopic (exact) mass is 392 g/mol. The van der Waals surface area contributed by atoms with Gasteiger partial charge < -0.3 is 10.6 Å². The Labute approximate surface area is 157 Å². The van der Waals surface area contributed by atoms with E-state index in [0.717, 1.165) is 30.9 Å². The second kappa shape index (κ2) is 8.45. The molecule has 0 bridgehead atoms. The topological polar surface area (TPSA) is 91.4 Å². The zero-order valence-corrected chi connectivity index (χ0v) is 15.5. The Bertz CT molecular complexity index is 900. The van der Waals surface area contributed by atoms with E-state index in [4.69, 9.17) is 0 Å². The molecule has 3 rings (SSSR count). The van der Waals surface area contributed by atoms with Crippen LogP contribution in [0.1, 0.15) is 24.8 Å². The lowest BCUT2D eigenvalue weighted by Crippen LogP contribution is -2.35. The largest absolute Gasteiger partial charge is 0.334 e. The molecule has 1 aromatic heterocycles. The molecule has 2 aromatic rings. The summed E-state index contributed by atoms with van der Waals surface area (Å²) in [6, 6.07) is 6.47. The lowest BCUT2D eigenvalue weighted by molar-refractivity contribution is 0.251. The molecule has 7 nitrogen and oxygen atoms in total. The molecule has 1 aliphatic rings. The Morgan fingerprint density at radius 2 is 1.96 bits per heavy atom. The molecule has 0 spiro atoms. The number of amides is 2. The summed E-state index contributed by atoms with van der Waals surface area (Å²) in [6.07, 6.45) is 5.84. The van der Waals surface area contributed by atoms with Crippen molar-refractivity contribution in [3.8, 4) is 0 Å². The number of hydrogen-bond donors (Lipinski definition) is 2. The number of aromatic nitrogens is 1. The molecule has 0 atom stereocenters. The fraction of sp³-hybridized carbons (Fsp3) is 0.333. The molecular formula is C18H21FN4O3S. The number of piperidine rings is 1. The smallest absolute Gasteiger partial charge is 0.319 e. The summed E-state index contributed by atoms with van der Waals surface area (Å²) < 4.78 is 40.9. The predicted molar refractivity (Wildman–Crippen MR) is 99.1 cm³/mol. The van der Waals surface area contributed by atoms with Crippen LogP contribution in [-0.2, 0) is 16.6 Å².